The van der Waals surface area contributed by atoms with Crippen LogP contribution >= 0.6 is 0 Å². The van der Waals surface area contributed by atoms with Crippen molar-refractivity contribution < 1.29 is 14.6 Å². The molecular formula is C21H33N3O3. The lowest BCUT2D eigenvalue weighted by molar-refractivity contribution is -0.0279. The van der Waals surface area contributed by atoms with Crippen molar-refractivity contribution in [1.29, 1.82) is 0 Å². The first-order chi connectivity index (χ1) is 13.1. The molecule has 3 rings (SSSR count). The van der Waals surface area contributed by atoms with Gasteiger partial charge in [0.15, 0.2) is 5.96 Å². The van der Waals surface area contributed by atoms with Crippen LogP contribution in [0.3, 0.4) is 0 Å². The van der Waals surface area contributed by atoms with Crippen molar-refractivity contribution in [2.24, 2.45) is 10.9 Å². The van der Waals surface area contributed by atoms with Gasteiger partial charge >= 0.3 is 0 Å². The highest BCUT2D eigenvalue weighted by atomic mass is 16.5. The molecule has 1 aromatic carbocycles. The van der Waals surface area contributed by atoms with Gasteiger partial charge in [-0.15, -0.1) is 0 Å². The van der Waals surface area contributed by atoms with Crippen molar-refractivity contribution in [2.75, 3.05) is 32.9 Å². The Morgan fingerprint density at radius 3 is 2.89 bits per heavy atom. The number of ether oxygens (including phenoxy) is 2. The summed E-state index contributed by atoms with van der Waals surface area (Å²) in [5.41, 5.74) is 1.68. The molecule has 0 spiro atoms. The summed E-state index contributed by atoms with van der Waals surface area (Å²) in [4.78, 5) is 4.69. The van der Waals surface area contributed by atoms with Gasteiger partial charge in [0, 0.05) is 31.2 Å². The van der Waals surface area contributed by atoms with Gasteiger partial charge in [0.2, 0.25) is 0 Å². The molecule has 0 radical (unpaired) electrons. The Bertz CT molecular complexity index is 638. The van der Waals surface area contributed by atoms with Gasteiger partial charge in [0.1, 0.15) is 5.75 Å². The molecule has 2 aliphatic rings. The van der Waals surface area contributed by atoms with Crippen LogP contribution in [-0.2, 0) is 11.3 Å². The Morgan fingerprint density at radius 2 is 2.22 bits per heavy atom. The number of rotatable bonds is 8. The first-order valence-electron chi connectivity index (χ1n) is 10.1. The van der Waals surface area contributed by atoms with Gasteiger partial charge in [0.25, 0.3) is 0 Å². The monoisotopic (exact) mass is 375 g/mol. The molecule has 6 heteroatoms. The van der Waals surface area contributed by atoms with E-state index in [1.807, 2.05) is 6.92 Å². The van der Waals surface area contributed by atoms with Gasteiger partial charge in [-0.3, -0.25) is 0 Å². The first-order valence-corrected chi connectivity index (χ1v) is 10.1. The summed E-state index contributed by atoms with van der Waals surface area (Å²) in [6, 6.07) is 6.26. The molecule has 1 aliphatic carbocycles. The number of aliphatic hydroxyl groups is 1. The summed E-state index contributed by atoms with van der Waals surface area (Å²) in [7, 11) is 0. The van der Waals surface area contributed by atoms with Gasteiger partial charge in [-0.25, -0.2) is 4.99 Å². The Morgan fingerprint density at radius 1 is 1.37 bits per heavy atom. The molecule has 1 unspecified atom stereocenters. The third-order valence-corrected chi connectivity index (χ3v) is 5.34. The van der Waals surface area contributed by atoms with E-state index >= 15 is 0 Å². The SMILES string of the molecule is CCNC(=NCc1ccc(C)cc1OCC1CCOC1)NCC1(O)CCC1. The van der Waals surface area contributed by atoms with E-state index in [9.17, 15) is 5.11 Å². The number of guanidine groups is 1. The standard InChI is InChI=1S/C21H33N3O3/c1-3-22-20(24-15-21(25)8-4-9-21)23-12-18-6-5-16(2)11-19(18)27-14-17-7-10-26-13-17/h5-6,11,17,25H,3-4,7-10,12-15H2,1-2H3,(H2,22,23,24). The first kappa shape index (κ1) is 20.0. The van der Waals surface area contributed by atoms with Gasteiger partial charge in [-0.2, -0.15) is 0 Å². The Kier molecular flexibility index (Phi) is 6.96. The number of hydrogen-bond donors (Lipinski definition) is 3. The molecule has 150 valence electrons. The van der Waals surface area contributed by atoms with Crippen LogP contribution in [0.5, 0.6) is 5.75 Å². The molecule has 1 saturated carbocycles. The summed E-state index contributed by atoms with van der Waals surface area (Å²) in [5, 5.41) is 16.8. The van der Waals surface area contributed by atoms with Crippen molar-refractivity contribution in [3.8, 4) is 5.75 Å². The minimum absolute atomic E-state index is 0.476. The average Bonchev–Trinajstić information content (AvgIpc) is 3.15. The van der Waals surface area contributed by atoms with Crippen LogP contribution in [0.2, 0.25) is 0 Å². The zero-order valence-electron chi connectivity index (χ0n) is 16.6. The Hall–Kier alpha value is -1.79. The predicted molar refractivity (Wildman–Crippen MR) is 107 cm³/mol. The number of benzene rings is 1. The lowest BCUT2D eigenvalue weighted by atomic mass is 9.80. The van der Waals surface area contributed by atoms with E-state index in [0.29, 0.717) is 25.6 Å². The largest absolute Gasteiger partial charge is 0.493 e. The number of hydrogen-bond acceptors (Lipinski definition) is 4. The fraction of sp³-hybridized carbons (Fsp3) is 0.667. The van der Waals surface area contributed by atoms with Gasteiger partial charge in [0.05, 0.1) is 25.4 Å². The van der Waals surface area contributed by atoms with E-state index in [2.05, 4.69) is 35.8 Å². The maximum atomic E-state index is 10.3. The molecular weight excluding hydrogens is 342 g/mol. The molecule has 0 amide bonds. The van der Waals surface area contributed by atoms with E-state index in [-0.39, 0.29) is 0 Å². The summed E-state index contributed by atoms with van der Waals surface area (Å²) >= 11 is 0. The van der Waals surface area contributed by atoms with Crippen LogP contribution in [0, 0.1) is 12.8 Å². The third-order valence-electron chi connectivity index (χ3n) is 5.34. The summed E-state index contributed by atoms with van der Waals surface area (Å²) in [5.74, 6) is 2.11. The fourth-order valence-electron chi connectivity index (χ4n) is 3.37. The van der Waals surface area contributed by atoms with Crippen molar-refractivity contribution in [3.63, 3.8) is 0 Å². The van der Waals surface area contributed by atoms with E-state index in [1.54, 1.807) is 0 Å². The quantitative estimate of drug-likeness (QED) is 0.480. The summed E-state index contributed by atoms with van der Waals surface area (Å²) < 4.78 is 11.5. The maximum Gasteiger partial charge on any atom is 0.191 e. The molecule has 3 N–H and O–H groups in total. The van der Waals surface area contributed by atoms with Crippen LogP contribution in [0.1, 0.15) is 43.7 Å². The van der Waals surface area contributed by atoms with Crippen molar-refractivity contribution >= 4 is 5.96 Å². The number of nitrogens with one attached hydrogen (secondary N) is 2. The zero-order valence-corrected chi connectivity index (χ0v) is 16.6. The molecule has 1 atom stereocenters. The Balaban J connectivity index is 1.61. The zero-order chi connectivity index (χ0) is 19.1. The Labute approximate surface area is 162 Å². The lowest BCUT2D eigenvalue weighted by Gasteiger charge is -2.37. The highest BCUT2D eigenvalue weighted by molar-refractivity contribution is 5.79. The van der Waals surface area contributed by atoms with Crippen LogP contribution in [0.4, 0.5) is 0 Å². The van der Waals surface area contributed by atoms with Crippen LogP contribution in [-0.4, -0.2) is 49.6 Å². The molecule has 0 bridgehead atoms. The van der Waals surface area contributed by atoms with Crippen LogP contribution < -0.4 is 15.4 Å². The van der Waals surface area contributed by atoms with E-state index < -0.39 is 5.60 Å². The van der Waals surface area contributed by atoms with E-state index in [0.717, 1.165) is 62.7 Å². The molecule has 2 fully saturated rings. The molecule has 1 saturated heterocycles. The molecule has 27 heavy (non-hydrogen) atoms. The highest BCUT2D eigenvalue weighted by Gasteiger charge is 2.34. The molecule has 1 aromatic rings. The predicted octanol–water partition coefficient (Wildman–Crippen LogP) is 2.38. The smallest absolute Gasteiger partial charge is 0.191 e. The maximum absolute atomic E-state index is 10.3. The minimum Gasteiger partial charge on any atom is -0.493 e. The van der Waals surface area contributed by atoms with Crippen LogP contribution in [0.15, 0.2) is 23.2 Å². The lowest BCUT2D eigenvalue weighted by Crippen LogP contribution is -2.50. The second-order valence-corrected chi connectivity index (χ2v) is 7.78. The van der Waals surface area contributed by atoms with Gasteiger partial charge < -0.3 is 25.2 Å². The van der Waals surface area contributed by atoms with Crippen molar-refractivity contribution in [3.05, 3.63) is 29.3 Å². The van der Waals surface area contributed by atoms with E-state index in [1.165, 1.54) is 5.56 Å². The number of nitrogens with zero attached hydrogens (tertiary/aromatic N) is 1. The second kappa shape index (κ2) is 9.42. The minimum atomic E-state index is -0.572. The summed E-state index contributed by atoms with van der Waals surface area (Å²) in [6.45, 7) is 8.28. The van der Waals surface area contributed by atoms with Crippen molar-refractivity contribution in [1.82, 2.24) is 10.6 Å². The highest BCUT2D eigenvalue weighted by Crippen LogP contribution is 2.30. The third kappa shape index (κ3) is 5.84. The molecule has 1 heterocycles. The van der Waals surface area contributed by atoms with E-state index in [4.69, 9.17) is 14.5 Å². The van der Waals surface area contributed by atoms with Crippen molar-refractivity contribution in [2.45, 2.75) is 51.7 Å². The number of aliphatic imine (C=N–C) groups is 1. The van der Waals surface area contributed by atoms with Crippen LogP contribution in [0.25, 0.3) is 0 Å². The van der Waals surface area contributed by atoms with Gasteiger partial charge in [-0.1, -0.05) is 12.1 Å². The molecule has 6 nitrogen and oxygen atoms in total. The fourth-order valence-corrected chi connectivity index (χ4v) is 3.37. The number of aryl methyl sites for hydroxylation is 1. The molecule has 0 aromatic heterocycles. The summed E-state index contributed by atoms with van der Waals surface area (Å²) in [6.07, 6.45) is 3.89. The normalized spacial score (nSPS) is 21.6. The van der Waals surface area contributed by atoms with Gasteiger partial charge in [-0.05, 0) is 51.2 Å². The topological polar surface area (TPSA) is 75.1 Å². The molecule has 1 aliphatic heterocycles. The average molecular weight is 376 g/mol. The second-order valence-electron chi connectivity index (χ2n) is 7.78.